The lowest BCUT2D eigenvalue weighted by Crippen LogP contribution is -2.50. The number of aliphatic carboxylic acids is 1. The Morgan fingerprint density at radius 1 is 1.17 bits per heavy atom. The molecule has 1 aliphatic rings. The lowest BCUT2D eigenvalue weighted by atomic mass is 10.2. The Balaban J connectivity index is 2.49. The van der Waals surface area contributed by atoms with E-state index in [1.54, 1.807) is 20.8 Å². The quantitative estimate of drug-likeness (QED) is 0.623. The maximum absolute atomic E-state index is 12.1. The van der Waals surface area contributed by atoms with Gasteiger partial charge in [-0.05, 0) is 33.6 Å². The SMILES string of the molecule is CC(C)(C)OC(=O)NCC(=O)N1CCC[C@H]1C(=O)NCC(=O)[O-]. The van der Waals surface area contributed by atoms with Crippen LogP contribution in [0.4, 0.5) is 4.79 Å². The molecular formula is C14H22N3O6-. The molecule has 0 bridgehead atoms. The number of hydrogen-bond donors (Lipinski definition) is 2. The first-order chi connectivity index (χ1) is 10.6. The number of amides is 3. The Labute approximate surface area is 134 Å². The van der Waals surface area contributed by atoms with Gasteiger partial charge in [-0.15, -0.1) is 0 Å². The minimum atomic E-state index is -1.40. The van der Waals surface area contributed by atoms with Crippen molar-refractivity contribution in [2.75, 3.05) is 19.6 Å². The minimum Gasteiger partial charge on any atom is -0.548 e. The van der Waals surface area contributed by atoms with Crippen LogP contribution in [-0.2, 0) is 19.1 Å². The van der Waals surface area contributed by atoms with E-state index in [9.17, 15) is 24.3 Å². The standard InChI is InChI=1S/C14H23N3O6/c1-14(2,3)23-13(22)16-7-10(18)17-6-4-5-9(17)12(21)15-8-11(19)20/h9H,4-8H2,1-3H3,(H,15,21)(H,16,22)(H,19,20)/p-1/t9-/m0/s1. The molecule has 23 heavy (non-hydrogen) atoms. The molecule has 0 aromatic rings. The van der Waals surface area contributed by atoms with Crippen LogP contribution in [0.25, 0.3) is 0 Å². The molecule has 0 unspecified atom stereocenters. The van der Waals surface area contributed by atoms with Gasteiger partial charge in [-0.2, -0.15) is 0 Å². The van der Waals surface area contributed by atoms with E-state index in [1.165, 1.54) is 4.90 Å². The van der Waals surface area contributed by atoms with Crippen molar-refractivity contribution in [3.8, 4) is 0 Å². The van der Waals surface area contributed by atoms with Gasteiger partial charge in [0, 0.05) is 6.54 Å². The molecular weight excluding hydrogens is 306 g/mol. The third-order valence-corrected chi connectivity index (χ3v) is 3.07. The molecule has 1 atom stereocenters. The van der Waals surface area contributed by atoms with E-state index in [2.05, 4.69) is 10.6 Å². The van der Waals surface area contributed by atoms with Crippen LogP contribution >= 0.6 is 0 Å². The number of carbonyl (C=O) groups excluding carboxylic acids is 4. The predicted octanol–water partition coefficient (Wildman–Crippen LogP) is -1.63. The number of rotatable bonds is 5. The molecule has 1 heterocycles. The first kappa shape index (κ1) is 18.7. The Morgan fingerprint density at radius 3 is 2.39 bits per heavy atom. The van der Waals surface area contributed by atoms with Gasteiger partial charge >= 0.3 is 6.09 Å². The van der Waals surface area contributed by atoms with Crippen molar-refractivity contribution >= 4 is 23.9 Å². The molecule has 9 heteroatoms. The second kappa shape index (κ2) is 7.80. The molecule has 0 spiro atoms. The normalized spacial score (nSPS) is 17.5. The van der Waals surface area contributed by atoms with Crippen LogP contribution in [0.3, 0.4) is 0 Å². The van der Waals surface area contributed by atoms with Gasteiger partial charge < -0.3 is 30.2 Å². The number of carboxylic acids is 1. The zero-order valence-electron chi connectivity index (χ0n) is 13.5. The first-order valence-electron chi connectivity index (χ1n) is 7.34. The molecule has 0 aromatic carbocycles. The van der Waals surface area contributed by atoms with Gasteiger partial charge in [-0.1, -0.05) is 0 Å². The van der Waals surface area contributed by atoms with Gasteiger partial charge in [0.25, 0.3) is 0 Å². The molecule has 0 aliphatic carbocycles. The van der Waals surface area contributed by atoms with Crippen LogP contribution in [0.2, 0.25) is 0 Å². The summed E-state index contributed by atoms with van der Waals surface area (Å²) < 4.78 is 5.02. The lowest BCUT2D eigenvalue weighted by Gasteiger charge is -2.25. The van der Waals surface area contributed by atoms with Crippen molar-refractivity contribution < 1.29 is 29.0 Å². The highest BCUT2D eigenvalue weighted by Crippen LogP contribution is 2.17. The fourth-order valence-corrected chi connectivity index (χ4v) is 2.18. The van der Waals surface area contributed by atoms with Crippen molar-refractivity contribution in [2.45, 2.75) is 45.3 Å². The molecule has 9 nitrogen and oxygen atoms in total. The maximum atomic E-state index is 12.1. The minimum absolute atomic E-state index is 0.292. The summed E-state index contributed by atoms with van der Waals surface area (Å²) in [6, 6.07) is -0.734. The third-order valence-electron chi connectivity index (χ3n) is 3.07. The van der Waals surface area contributed by atoms with E-state index < -0.39 is 42.1 Å². The number of carboxylic acid groups (broad SMARTS) is 1. The Morgan fingerprint density at radius 2 is 1.83 bits per heavy atom. The monoisotopic (exact) mass is 328 g/mol. The number of nitrogens with one attached hydrogen (secondary N) is 2. The van der Waals surface area contributed by atoms with E-state index in [1.807, 2.05) is 0 Å². The van der Waals surface area contributed by atoms with Crippen molar-refractivity contribution in [3.63, 3.8) is 0 Å². The van der Waals surface area contributed by atoms with Gasteiger partial charge in [-0.3, -0.25) is 9.59 Å². The molecule has 2 N–H and O–H groups in total. The number of hydrogen-bond acceptors (Lipinski definition) is 6. The summed E-state index contributed by atoms with van der Waals surface area (Å²) in [5.41, 5.74) is -0.673. The van der Waals surface area contributed by atoms with E-state index in [4.69, 9.17) is 4.74 Å². The van der Waals surface area contributed by atoms with E-state index >= 15 is 0 Å². The summed E-state index contributed by atoms with van der Waals surface area (Å²) in [4.78, 5) is 47.2. The summed E-state index contributed by atoms with van der Waals surface area (Å²) in [7, 11) is 0. The van der Waals surface area contributed by atoms with Crippen LogP contribution in [0.1, 0.15) is 33.6 Å². The van der Waals surface area contributed by atoms with Crippen molar-refractivity contribution in [1.82, 2.24) is 15.5 Å². The number of likely N-dealkylation sites (tertiary alicyclic amines) is 1. The largest absolute Gasteiger partial charge is 0.548 e. The fourth-order valence-electron chi connectivity index (χ4n) is 2.18. The second-order valence-corrected chi connectivity index (χ2v) is 6.19. The predicted molar refractivity (Wildman–Crippen MR) is 77.0 cm³/mol. The van der Waals surface area contributed by atoms with Gasteiger partial charge in [0.2, 0.25) is 11.8 Å². The number of nitrogens with zero attached hydrogens (tertiary/aromatic N) is 1. The van der Waals surface area contributed by atoms with Crippen molar-refractivity contribution in [1.29, 1.82) is 0 Å². The number of carbonyl (C=O) groups is 4. The Bertz CT molecular complexity index is 485. The highest BCUT2D eigenvalue weighted by atomic mass is 16.6. The molecule has 1 rings (SSSR count). The summed E-state index contributed by atoms with van der Waals surface area (Å²) in [6.07, 6.45) is 0.349. The average molecular weight is 328 g/mol. The van der Waals surface area contributed by atoms with Gasteiger partial charge in [0.15, 0.2) is 0 Å². The number of ether oxygens (including phenoxy) is 1. The van der Waals surface area contributed by atoms with Gasteiger partial charge in [0.05, 0.1) is 12.5 Å². The third kappa shape index (κ3) is 6.54. The van der Waals surface area contributed by atoms with Crippen molar-refractivity contribution in [2.24, 2.45) is 0 Å². The molecule has 1 fully saturated rings. The summed E-state index contributed by atoms with van der Waals surface area (Å²) in [5.74, 6) is -2.37. The molecule has 3 amide bonds. The van der Waals surface area contributed by atoms with Crippen LogP contribution < -0.4 is 15.7 Å². The molecule has 1 aliphatic heterocycles. The molecule has 0 radical (unpaired) electrons. The Kier molecular flexibility index (Phi) is 6.35. The highest BCUT2D eigenvalue weighted by Gasteiger charge is 2.33. The number of alkyl carbamates (subject to hydrolysis) is 1. The maximum Gasteiger partial charge on any atom is 0.408 e. The zero-order chi connectivity index (χ0) is 17.6. The average Bonchev–Trinajstić information content (AvgIpc) is 2.89. The molecule has 1 saturated heterocycles. The van der Waals surface area contributed by atoms with E-state index in [0.717, 1.165) is 0 Å². The van der Waals surface area contributed by atoms with E-state index in [-0.39, 0.29) is 6.54 Å². The first-order valence-corrected chi connectivity index (χ1v) is 7.34. The highest BCUT2D eigenvalue weighted by molar-refractivity contribution is 5.91. The van der Waals surface area contributed by atoms with Crippen LogP contribution in [0, 0.1) is 0 Å². The topological polar surface area (TPSA) is 128 Å². The smallest absolute Gasteiger partial charge is 0.408 e. The van der Waals surface area contributed by atoms with Crippen molar-refractivity contribution in [3.05, 3.63) is 0 Å². The van der Waals surface area contributed by atoms with Gasteiger partial charge in [-0.25, -0.2) is 4.79 Å². The van der Waals surface area contributed by atoms with Crippen LogP contribution in [-0.4, -0.2) is 60.1 Å². The fraction of sp³-hybridized carbons (Fsp3) is 0.714. The second-order valence-electron chi connectivity index (χ2n) is 6.19. The Hall–Kier alpha value is -2.32. The summed E-state index contributed by atoms with van der Waals surface area (Å²) >= 11 is 0. The van der Waals surface area contributed by atoms with Crippen LogP contribution in [0.5, 0.6) is 0 Å². The summed E-state index contributed by atoms with van der Waals surface area (Å²) in [6.45, 7) is 4.58. The molecule has 130 valence electrons. The molecule has 0 aromatic heterocycles. The molecule has 0 saturated carbocycles. The van der Waals surface area contributed by atoms with Gasteiger partial charge in [0.1, 0.15) is 18.2 Å². The summed E-state index contributed by atoms with van der Waals surface area (Å²) in [5, 5.41) is 14.9. The van der Waals surface area contributed by atoms with E-state index in [0.29, 0.717) is 19.4 Å². The zero-order valence-corrected chi connectivity index (χ0v) is 13.5. The lowest BCUT2D eigenvalue weighted by molar-refractivity contribution is -0.304. The van der Waals surface area contributed by atoms with Crippen LogP contribution in [0.15, 0.2) is 0 Å².